The van der Waals surface area contributed by atoms with E-state index >= 15 is 0 Å². The number of nitrogens with zero attached hydrogens (tertiary/aromatic N) is 3. The summed E-state index contributed by atoms with van der Waals surface area (Å²) in [4.78, 5) is 2.52. The topological polar surface area (TPSA) is 119 Å². The highest BCUT2D eigenvalue weighted by molar-refractivity contribution is 4.91. The van der Waals surface area contributed by atoms with Crippen molar-refractivity contribution in [3.8, 4) is 0 Å². The number of azide groups is 1. The van der Waals surface area contributed by atoms with Gasteiger partial charge in [-0.3, -0.25) is 0 Å². The smallest absolute Gasteiger partial charge is 0.111 e. The van der Waals surface area contributed by atoms with Crippen LogP contribution in [0.5, 0.6) is 0 Å². The first-order valence-corrected chi connectivity index (χ1v) is 4.28. The largest absolute Gasteiger partial charge is 0.388 e. The predicted molar refractivity (Wildman–Crippen MR) is 46.4 cm³/mol. The zero-order valence-corrected chi connectivity index (χ0v) is 7.69. The second-order valence-corrected chi connectivity index (χ2v) is 3.26. The summed E-state index contributed by atoms with van der Waals surface area (Å²) in [6.45, 7) is 1.51. The number of ether oxygens (including phenoxy) is 1. The van der Waals surface area contributed by atoms with Gasteiger partial charge in [0.2, 0.25) is 0 Å². The van der Waals surface area contributed by atoms with E-state index in [4.69, 9.17) is 10.3 Å². The molecule has 0 bridgehead atoms. The molecule has 0 spiro atoms. The Bertz CT molecular complexity index is 243. The average molecular weight is 203 g/mol. The van der Waals surface area contributed by atoms with Crippen molar-refractivity contribution in [2.45, 2.75) is 37.4 Å². The monoisotopic (exact) mass is 203 g/mol. The minimum atomic E-state index is -1.27. The van der Waals surface area contributed by atoms with Crippen molar-refractivity contribution in [1.82, 2.24) is 0 Å². The summed E-state index contributed by atoms with van der Waals surface area (Å²) >= 11 is 0. The van der Waals surface area contributed by atoms with Gasteiger partial charge >= 0.3 is 0 Å². The van der Waals surface area contributed by atoms with E-state index in [1.165, 1.54) is 0 Å². The van der Waals surface area contributed by atoms with Crippen LogP contribution in [0.25, 0.3) is 10.4 Å². The minimum absolute atomic E-state index is 0.0637. The molecular formula is C7H13N3O4. The van der Waals surface area contributed by atoms with Crippen molar-refractivity contribution in [1.29, 1.82) is 0 Å². The quantitative estimate of drug-likeness (QED) is 0.308. The summed E-state index contributed by atoms with van der Waals surface area (Å²) in [5.74, 6) is 0. The van der Waals surface area contributed by atoms with Crippen molar-refractivity contribution in [3.63, 3.8) is 0 Å². The molecule has 7 heteroatoms. The van der Waals surface area contributed by atoms with Crippen LogP contribution < -0.4 is 0 Å². The van der Waals surface area contributed by atoms with Crippen molar-refractivity contribution >= 4 is 0 Å². The first-order valence-electron chi connectivity index (χ1n) is 4.28. The van der Waals surface area contributed by atoms with E-state index in [2.05, 4.69) is 10.0 Å². The molecule has 1 heterocycles. The van der Waals surface area contributed by atoms with E-state index in [9.17, 15) is 15.3 Å². The molecule has 0 amide bonds. The zero-order valence-electron chi connectivity index (χ0n) is 7.69. The molecule has 0 radical (unpaired) electrons. The highest BCUT2D eigenvalue weighted by atomic mass is 16.5. The maximum Gasteiger partial charge on any atom is 0.111 e. The molecule has 1 rings (SSSR count). The van der Waals surface area contributed by atoms with Crippen molar-refractivity contribution in [2.24, 2.45) is 5.11 Å². The highest BCUT2D eigenvalue weighted by Crippen LogP contribution is 2.20. The molecule has 1 aliphatic heterocycles. The summed E-state index contributed by atoms with van der Waals surface area (Å²) in [6, 6.07) is 0. The molecule has 5 atom stereocenters. The van der Waals surface area contributed by atoms with Gasteiger partial charge in [-0.2, -0.15) is 0 Å². The Morgan fingerprint density at radius 1 is 1.29 bits per heavy atom. The van der Waals surface area contributed by atoms with Crippen LogP contribution in [0.2, 0.25) is 0 Å². The molecule has 14 heavy (non-hydrogen) atoms. The maximum atomic E-state index is 9.43. The van der Waals surface area contributed by atoms with E-state index in [0.29, 0.717) is 0 Å². The number of aliphatic hydroxyl groups excluding tert-OH is 3. The van der Waals surface area contributed by atoms with Gasteiger partial charge in [-0.25, -0.2) is 0 Å². The molecule has 80 valence electrons. The highest BCUT2D eigenvalue weighted by Gasteiger charge is 2.41. The second kappa shape index (κ2) is 4.59. The molecule has 0 saturated carbocycles. The van der Waals surface area contributed by atoms with Crippen LogP contribution >= 0.6 is 0 Å². The van der Waals surface area contributed by atoms with Crippen molar-refractivity contribution in [2.75, 3.05) is 6.54 Å². The number of hydrogen-bond acceptors (Lipinski definition) is 5. The Hall–Kier alpha value is -0.850. The Balaban J connectivity index is 2.64. The van der Waals surface area contributed by atoms with E-state index in [0.717, 1.165) is 0 Å². The SMILES string of the molecule is C[C@@H]1OC(CN=[N+]=[N-])[C@H](O)[C@H](O)C1O. The van der Waals surface area contributed by atoms with Crippen LogP contribution in [0.4, 0.5) is 0 Å². The van der Waals surface area contributed by atoms with Gasteiger partial charge in [0, 0.05) is 4.91 Å². The summed E-state index contributed by atoms with van der Waals surface area (Å²) < 4.78 is 5.16. The third-order valence-corrected chi connectivity index (χ3v) is 2.28. The first-order chi connectivity index (χ1) is 6.57. The van der Waals surface area contributed by atoms with Gasteiger partial charge < -0.3 is 20.1 Å². The van der Waals surface area contributed by atoms with Gasteiger partial charge in [0.25, 0.3) is 0 Å². The number of aliphatic hydroxyl groups is 3. The summed E-state index contributed by atoms with van der Waals surface area (Å²) in [5, 5.41) is 31.4. The van der Waals surface area contributed by atoms with Crippen LogP contribution in [0.3, 0.4) is 0 Å². The number of rotatable bonds is 2. The zero-order chi connectivity index (χ0) is 10.7. The maximum absolute atomic E-state index is 9.43. The first kappa shape index (κ1) is 11.2. The molecule has 2 unspecified atom stereocenters. The summed E-state index contributed by atoms with van der Waals surface area (Å²) in [7, 11) is 0. The molecule has 1 aliphatic rings. The molecule has 1 fully saturated rings. The fourth-order valence-electron chi connectivity index (χ4n) is 1.40. The fraction of sp³-hybridized carbons (Fsp3) is 1.00. The van der Waals surface area contributed by atoms with Crippen LogP contribution in [-0.2, 0) is 4.74 Å². The van der Waals surface area contributed by atoms with Gasteiger partial charge in [0.15, 0.2) is 0 Å². The van der Waals surface area contributed by atoms with Crippen LogP contribution in [0.1, 0.15) is 6.92 Å². The second-order valence-electron chi connectivity index (χ2n) is 3.26. The third kappa shape index (κ3) is 2.14. The summed E-state index contributed by atoms with van der Waals surface area (Å²) in [5.41, 5.74) is 8.08. The fourth-order valence-corrected chi connectivity index (χ4v) is 1.40. The third-order valence-electron chi connectivity index (χ3n) is 2.28. The normalized spacial score (nSPS) is 43.0. The average Bonchev–Trinajstić information content (AvgIpc) is 2.18. The molecular weight excluding hydrogens is 190 g/mol. The molecule has 0 aliphatic carbocycles. The Labute approximate surface area is 80.6 Å². The van der Waals surface area contributed by atoms with E-state index < -0.39 is 30.5 Å². The van der Waals surface area contributed by atoms with E-state index in [1.807, 2.05) is 0 Å². The summed E-state index contributed by atoms with van der Waals surface area (Å²) in [6.07, 6.45) is -4.97. The Kier molecular flexibility index (Phi) is 3.68. The van der Waals surface area contributed by atoms with Crippen molar-refractivity contribution < 1.29 is 20.1 Å². The van der Waals surface area contributed by atoms with E-state index in [-0.39, 0.29) is 6.54 Å². The van der Waals surface area contributed by atoms with Crippen molar-refractivity contribution in [3.05, 3.63) is 10.4 Å². The van der Waals surface area contributed by atoms with Gasteiger partial charge in [-0.1, -0.05) is 5.11 Å². The van der Waals surface area contributed by atoms with Crippen LogP contribution in [0.15, 0.2) is 5.11 Å². The number of hydrogen-bond donors (Lipinski definition) is 3. The van der Waals surface area contributed by atoms with Gasteiger partial charge in [-0.05, 0) is 12.5 Å². The lowest BCUT2D eigenvalue weighted by Gasteiger charge is -2.38. The molecule has 3 N–H and O–H groups in total. The van der Waals surface area contributed by atoms with E-state index in [1.54, 1.807) is 6.92 Å². The Morgan fingerprint density at radius 2 is 1.93 bits per heavy atom. The van der Waals surface area contributed by atoms with Crippen LogP contribution in [-0.4, -0.2) is 52.4 Å². The molecule has 7 nitrogen and oxygen atoms in total. The molecule has 0 aromatic carbocycles. The van der Waals surface area contributed by atoms with Gasteiger partial charge in [0.1, 0.15) is 18.3 Å². The predicted octanol–water partition coefficient (Wildman–Crippen LogP) is -0.833. The van der Waals surface area contributed by atoms with Gasteiger partial charge in [-0.15, -0.1) is 0 Å². The lowest BCUT2D eigenvalue weighted by atomic mass is 9.96. The minimum Gasteiger partial charge on any atom is -0.388 e. The lowest BCUT2D eigenvalue weighted by molar-refractivity contribution is -0.213. The lowest BCUT2D eigenvalue weighted by Crippen LogP contribution is -2.57. The molecule has 1 saturated heterocycles. The molecule has 0 aromatic rings. The molecule has 0 aromatic heterocycles. The van der Waals surface area contributed by atoms with Gasteiger partial charge in [0.05, 0.1) is 18.8 Å². The Morgan fingerprint density at radius 3 is 2.50 bits per heavy atom. The van der Waals surface area contributed by atoms with Crippen LogP contribution in [0, 0.1) is 0 Å². The standard InChI is InChI=1S/C7H13N3O4/c1-3-5(11)7(13)6(12)4(14-3)2-9-10-8/h3-7,11-13H,2H2,1H3/t3-,4?,5?,6-,7+/m0/s1.